The lowest BCUT2D eigenvalue weighted by Crippen LogP contribution is -2.24. The summed E-state index contributed by atoms with van der Waals surface area (Å²) in [6.07, 6.45) is 3.99. The summed E-state index contributed by atoms with van der Waals surface area (Å²) < 4.78 is 84.0. The zero-order valence-electron chi connectivity index (χ0n) is 17.1. The molecule has 0 atom stereocenters. The second kappa shape index (κ2) is 9.64. The van der Waals surface area contributed by atoms with Gasteiger partial charge in [-0.25, -0.2) is 26.3 Å². The molecular weight excluding hydrogens is 414 g/mol. The van der Waals surface area contributed by atoms with E-state index in [-0.39, 0.29) is 47.9 Å². The van der Waals surface area contributed by atoms with E-state index in [4.69, 9.17) is 0 Å². The van der Waals surface area contributed by atoms with Crippen LogP contribution in [0, 0.1) is 35.1 Å². The summed E-state index contributed by atoms with van der Waals surface area (Å²) in [7, 11) is 0. The predicted molar refractivity (Wildman–Crippen MR) is 109 cm³/mol. The van der Waals surface area contributed by atoms with Crippen LogP contribution in [0.25, 0.3) is 6.08 Å². The van der Waals surface area contributed by atoms with E-state index in [0.29, 0.717) is 6.42 Å². The van der Waals surface area contributed by atoms with Crippen LogP contribution >= 0.6 is 0 Å². The van der Waals surface area contributed by atoms with Crippen LogP contribution in [0.2, 0.25) is 0 Å². The zero-order chi connectivity index (χ0) is 22.6. The number of halogens is 6. The lowest BCUT2D eigenvalue weighted by Gasteiger charge is -2.28. The minimum Gasteiger partial charge on any atom is -0.207 e. The summed E-state index contributed by atoms with van der Waals surface area (Å²) in [6, 6.07) is 4.68. The molecule has 0 nitrogen and oxygen atoms in total. The molecule has 1 fully saturated rings. The van der Waals surface area contributed by atoms with Crippen molar-refractivity contribution in [1.82, 2.24) is 0 Å². The van der Waals surface area contributed by atoms with Crippen molar-refractivity contribution >= 4 is 6.08 Å². The van der Waals surface area contributed by atoms with E-state index in [1.54, 1.807) is 6.08 Å². The monoisotopic (exact) mass is 436 g/mol. The van der Waals surface area contributed by atoms with Crippen LogP contribution in [-0.4, -0.2) is 5.92 Å². The van der Waals surface area contributed by atoms with Gasteiger partial charge in [0.15, 0.2) is 11.6 Å². The number of hydrogen-bond acceptors (Lipinski definition) is 0. The van der Waals surface area contributed by atoms with Crippen molar-refractivity contribution < 1.29 is 26.3 Å². The van der Waals surface area contributed by atoms with Crippen LogP contribution in [0.15, 0.2) is 30.3 Å². The second-order valence-corrected chi connectivity index (χ2v) is 7.76. The van der Waals surface area contributed by atoms with Gasteiger partial charge in [-0.1, -0.05) is 43.4 Å². The molecule has 0 radical (unpaired) electrons. The van der Waals surface area contributed by atoms with E-state index < -0.39 is 35.1 Å². The fourth-order valence-corrected chi connectivity index (χ4v) is 3.65. The Labute approximate surface area is 178 Å². The van der Waals surface area contributed by atoms with Crippen molar-refractivity contribution in [2.24, 2.45) is 0 Å². The fraction of sp³-hybridized carbons (Fsp3) is 0.360. The third-order valence-electron chi connectivity index (χ3n) is 5.43. The highest BCUT2D eigenvalue weighted by atomic mass is 19.3. The Morgan fingerprint density at radius 1 is 0.968 bits per heavy atom. The molecule has 0 heterocycles. The van der Waals surface area contributed by atoms with Gasteiger partial charge in [0, 0.05) is 24.0 Å². The van der Waals surface area contributed by atoms with Crippen LogP contribution in [0.1, 0.15) is 73.6 Å². The average molecular weight is 436 g/mol. The summed E-state index contributed by atoms with van der Waals surface area (Å²) >= 11 is 0. The topological polar surface area (TPSA) is 0 Å². The quantitative estimate of drug-likeness (QED) is 0.340. The van der Waals surface area contributed by atoms with Crippen LogP contribution in [-0.2, 0) is 0 Å². The van der Waals surface area contributed by atoms with Gasteiger partial charge in [0.1, 0.15) is 11.6 Å². The molecule has 0 spiro atoms. The minimum atomic E-state index is -2.76. The molecular formula is C25H22F6. The molecule has 31 heavy (non-hydrogen) atoms. The maximum absolute atomic E-state index is 14.5. The van der Waals surface area contributed by atoms with Crippen molar-refractivity contribution in [1.29, 1.82) is 0 Å². The Morgan fingerprint density at radius 3 is 2.23 bits per heavy atom. The molecule has 0 N–H and O–H groups in total. The number of benzene rings is 2. The Balaban J connectivity index is 1.82. The summed E-state index contributed by atoms with van der Waals surface area (Å²) in [4.78, 5) is 0. The summed E-state index contributed by atoms with van der Waals surface area (Å²) in [5.41, 5.74) is -0.409. The molecule has 3 rings (SSSR count). The number of allylic oxidation sites excluding steroid dienone is 1. The maximum Gasteiger partial charge on any atom is 0.248 e. The molecule has 0 aromatic heterocycles. The summed E-state index contributed by atoms with van der Waals surface area (Å²) in [5.74, 6) is -2.29. The van der Waals surface area contributed by atoms with Crippen molar-refractivity contribution in [2.45, 2.75) is 57.3 Å². The number of unbranched alkanes of at least 4 members (excludes halogenated alkanes) is 1. The van der Waals surface area contributed by atoms with Gasteiger partial charge >= 0.3 is 0 Å². The van der Waals surface area contributed by atoms with Gasteiger partial charge in [-0.15, -0.1) is 0 Å². The van der Waals surface area contributed by atoms with Gasteiger partial charge in [0.2, 0.25) is 5.92 Å². The van der Waals surface area contributed by atoms with Crippen LogP contribution in [0.4, 0.5) is 26.3 Å². The normalized spacial score (nSPS) is 16.4. The first kappa shape index (κ1) is 23.0. The largest absolute Gasteiger partial charge is 0.248 e. The van der Waals surface area contributed by atoms with E-state index in [2.05, 4.69) is 11.8 Å². The molecule has 1 aliphatic rings. The van der Waals surface area contributed by atoms with Crippen molar-refractivity contribution in [3.05, 3.63) is 75.9 Å². The first-order valence-corrected chi connectivity index (χ1v) is 10.2. The molecule has 164 valence electrons. The van der Waals surface area contributed by atoms with Crippen LogP contribution in [0.3, 0.4) is 0 Å². The van der Waals surface area contributed by atoms with Crippen molar-refractivity contribution in [3.63, 3.8) is 0 Å². The molecule has 0 bridgehead atoms. The summed E-state index contributed by atoms with van der Waals surface area (Å²) in [5, 5.41) is 0. The highest BCUT2D eigenvalue weighted by molar-refractivity contribution is 5.54. The van der Waals surface area contributed by atoms with Gasteiger partial charge in [-0.05, 0) is 48.9 Å². The molecule has 0 aliphatic heterocycles. The molecule has 2 aromatic rings. The molecule has 1 saturated carbocycles. The van der Waals surface area contributed by atoms with Crippen molar-refractivity contribution in [2.75, 3.05) is 0 Å². The molecule has 0 unspecified atom stereocenters. The summed E-state index contributed by atoms with van der Waals surface area (Å²) in [6.45, 7) is 1.94. The predicted octanol–water partition coefficient (Wildman–Crippen LogP) is 7.75. The van der Waals surface area contributed by atoms with Gasteiger partial charge in [-0.2, -0.15) is 0 Å². The molecule has 6 heteroatoms. The van der Waals surface area contributed by atoms with Gasteiger partial charge in [0.25, 0.3) is 0 Å². The SMILES string of the molecule is CCC/C=C/c1c(F)cc(C#Cc2ccc(C3CCC(F)(F)CC3)c(F)c2F)cc1F. The third-order valence-corrected chi connectivity index (χ3v) is 5.43. The maximum atomic E-state index is 14.5. The van der Waals surface area contributed by atoms with E-state index in [9.17, 15) is 26.3 Å². The third kappa shape index (κ3) is 5.52. The first-order chi connectivity index (χ1) is 14.7. The number of rotatable bonds is 4. The molecule has 0 saturated heterocycles. The Kier molecular flexibility index (Phi) is 7.15. The minimum absolute atomic E-state index is 0.0129. The van der Waals surface area contributed by atoms with Gasteiger partial charge < -0.3 is 0 Å². The fourth-order valence-electron chi connectivity index (χ4n) is 3.65. The smallest absolute Gasteiger partial charge is 0.207 e. The first-order valence-electron chi connectivity index (χ1n) is 10.2. The Bertz CT molecular complexity index is 1010. The molecule has 2 aromatic carbocycles. The van der Waals surface area contributed by atoms with Gasteiger partial charge in [0.05, 0.1) is 5.56 Å². The van der Waals surface area contributed by atoms with E-state index in [0.717, 1.165) is 18.6 Å². The average Bonchev–Trinajstić information content (AvgIpc) is 2.71. The highest BCUT2D eigenvalue weighted by Gasteiger charge is 2.36. The second-order valence-electron chi connectivity index (χ2n) is 7.76. The Morgan fingerprint density at radius 2 is 1.61 bits per heavy atom. The lowest BCUT2D eigenvalue weighted by molar-refractivity contribution is -0.0384. The van der Waals surface area contributed by atoms with Gasteiger partial charge in [-0.3, -0.25) is 0 Å². The number of hydrogen-bond donors (Lipinski definition) is 0. The highest BCUT2D eigenvalue weighted by Crippen LogP contribution is 2.41. The van der Waals surface area contributed by atoms with E-state index >= 15 is 0 Å². The van der Waals surface area contributed by atoms with E-state index in [1.807, 2.05) is 6.92 Å². The Hall–Kier alpha value is -2.68. The number of alkyl halides is 2. The molecule has 1 aliphatic carbocycles. The standard InChI is InChI=1S/C25H22F6/c1-2-3-4-5-20-21(26)14-16(15-22(20)27)6-7-18-8-9-19(24(29)23(18)28)17-10-12-25(30,31)13-11-17/h4-5,8-9,14-15,17H,2-3,10-13H2,1H3/b5-4+. The van der Waals surface area contributed by atoms with Crippen LogP contribution in [0.5, 0.6) is 0 Å². The zero-order valence-corrected chi connectivity index (χ0v) is 17.1. The van der Waals surface area contributed by atoms with Crippen LogP contribution < -0.4 is 0 Å². The van der Waals surface area contributed by atoms with E-state index in [1.165, 1.54) is 18.2 Å². The lowest BCUT2D eigenvalue weighted by atomic mass is 9.82. The van der Waals surface area contributed by atoms with Crippen molar-refractivity contribution in [3.8, 4) is 11.8 Å². The molecule has 0 amide bonds.